The lowest BCUT2D eigenvalue weighted by molar-refractivity contribution is 0.0695. The largest absolute Gasteiger partial charge is 0.381 e. The Bertz CT molecular complexity index is 1130. The van der Waals surface area contributed by atoms with Gasteiger partial charge < -0.3 is 10.1 Å². The summed E-state index contributed by atoms with van der Waals surface area (Å²) in [6.45, 7) is 2.89. The molecular weight excluding hydrogens is 363 g/mol. The average molecular weight is 382 g/mol. The first-order valence-corrected chi connectivity index (χ1v) is 8.98. The number of benzene rings is 1. The number of nitrogens with zero attached hydrogens (tertiary/aromatic N) is 5. The molecule has 9 heteroatoms. The number of nitriles is 1. The van der Waals surface area contributed by atoms with Gasteiger partial charge in [-0.3, -0.25) is 9.13 Å². The van der Waals surface area contributed by atoms with Crippen LogP contribution < -0.4 is 11.0 Å². The number of ether oxygens (including phenoxy) is 1. The van der Waals surface area contributed by atoms with Crippen LogP contribution in [0.5, 0.6) is 0 Å². The summed E-state index contributed by atoms with van der Waals surface area (Å²) in [5.74, 6) is -0.374. The van der Waals surface area contributed by atoms with Gasteiger partial charge in [-0.15, -0.1) is 0 Å². The highest BCUT2D eigenvalue weighted by atomic mass is 19.1. The normalized spacial score (nSPS) is 14.9. The molecule has 2 aromatic heterocycles. The molecule has 8 nitrogen and oxygen atoms in total. The van der Waals surface area contributed by atoms with Gasteiger partial charge in [-0.25, -0.2) is 14.2 Å². The minimum Gasteiger partial charge on any atom is -0.381 e. The van der Waals surface area contributed by atoms with E-state index in [1.165, 1.54) is 4.57 Å². The fourth-order valence-electron chi connectivity index (χ4n) is 3.55. The van der Waals surface area contributed by atoms with Gasteiger partial charge in [-0.1, -0.05) is 0 Å². The molecule has 144 valence electrons. The highest BCUT2D eigenvalue weighted by Crippen LogP contribution is 2.26. The smallest absolute Gasteiger partial charge is 0.330 e. The van der Waals surface area contributed by atoms with Crippen molar-refractivity contribution in [2.75, 3.05) is 18.5 Å². The van der Waals surface area contributed by atoms with Gasteiger partial charge in [0.15, 0.2) is 5.65 Å². The van der Waals surface area contributed by atoms with Crippen molar-refractivity contribution < 1.29 is 9.13 Å². The van der Waals surface area contributed by atoms with Crippen LogP contribution in [0, 0.1) is 24.1 Å². The number of hydrogen-bond acceptors (Lipinski definition) is 6. The van der Waals surface area contributed by atoms with Crippen LogP contribution in [0.4, 0.5) is 16.0 Å². The lowest BCUT2D eigenvalue weighted by atomic mass is 10.1. The summed E-state index contributed by atoms with van der Waals surface area (Å²) in [7, 11) is 1.68. The van der Waals surface area contributed by atoms with E-state index in [2.05, 4.69) is 15.3 Å². The summed E-state index contributed by atoms with van der Waals surface area (Å²) in [6, 6.07) is 4.68. The third kappa shape index (κ3) is 3.01. The van der Waals surface area contributed by atoms with E-state index >= 15 is 0 Å². The molecule has 0 spiro atoms. The van der Waals surface area contributed by atoms with Crippen molar-refractivity contribution in [1.82, 2.24) is 19.1 Å². The maximum absolute atomic E-state index is 14.4. The van der Waals surface area contributed by atoms with Crippen molar-refractivity contribution in [2.45, 2.75) is 25.8 Å². The van der Waals surface area contributed by atoms with Gasteiger partial charge in [0.25, 0.3) is 0 Å². The lowest BCUT2D eigenvalue weighted by Crippen LogP contribution is -2.30. The first-order valence-electron chi connectivity index (χ1n) is 8.98. The Kier molecular flexibility index (Phi) is 4.57. The number of aromatic nitrogens is 4. The number of hydrogen-bond donors (Lipinski definition) is 1. The molecule has 1 fully saturated rings. The maximum atomic E-state index is 14.4. The number of aryl methyl sites for hydroxylation is 2. The van der Waals surface area contributed by atoms with Crippen LogP contribution >= 0.6 is 0 Å². The Morgan fingerprint density at radius 1 is 1.36 bits per heavy atom. The SMILES string of the molecule is Cc1cc(C#N)cc(F)c1Nc1ncc2c(n1)n(C1CCOCC1)c(=O)n2C. The van der Waals surface area contributed by atoms with Crippen LogP contribution in [0.25, 0.3) is 11.2 Å². The zero-order chi connectivity index (χ0) is 19.8. The van der Waals surface area contributed by atoms with Crippen molar-refractivity contribution in [3.63, 3.8) is 0 Å². The van der Waals surface area contributed by atoms with Crippen LogP contribution in [0.1, 0.15) is 30.0 Å². The number of anilines is 2. The van der Waals surface area contributed by atoms with Gasteiger partial charge in [0.2, 0.25) is 5.95 Å². The summed E-state index contributed by atoms with van der Waals surface area (Å²) >= 11 is 0. The highest BCUT2D eigenvalue weighted by molar-refractivity contribution is 5.73. The minimum absolute atomic E-state index is 0.00100. The van der Waals surface area contributed by atoms with Gasteiger partial charge in [-0.05, 0) is 37.5 Å². The summed E-state index contributed by atoms with van der Waals surface area (Å²) in [4.78, 5) is 21.5. The molecule has 0 aliphatic carbocycles. The third-order valence-corrected chi connectivity index (χ3v) is 5.04. The minimum atomic E-state index is -0.560. The Morgan fingerprint density at radius 3 is 2.79 bits per heavy atom. The molecule has 3 aromatic rings. The number of fused-ring (bicyclic) bond motifs is 1. The molecule has 0 atom stereocenters. The first kappa shape index (κ1) is 18.1. The average Bonchev–Trinajstić information content (AvgIpc) is 2.95. The monoisotopic (exact) mass is 382 g/mol. The molecule has 28 heavy (non-hydrogen) atoms. The predicted octanol–water partition coefficient (Wildman–Crippen LogP) is 2.54. The Hall–Kier alpha value is -3.25. The summed E-state index contributed by atoms with van der Waals surface area (Å²) in [6.07, 6.45) is 3.02. The van der Waals surface area contributed by atoms with E-state index in [0.717, 1.165) is 18.9 Å². The van der Waals surface area contributed by atoms with Gasteiger partial charge >= 0.3 is 5.69 Å². The van der Waals surface area contributed by atoms with Crippen LogP contribution in [0.3, 0.4) is 0 Å². The standard InChI is InChI=1S/C19H19FN6O2/c1-11-7-12(9-21)8-14(20)16(11)23-18-22-10-15-17(24-18)26(19(27)25(15)2)13-3-5-28-6-4-13/h7-8,10,13H,3-6H2,1-2H3,(H,22,23,24). The number of nitrogens with one attached hydrogen (secondary N) is 1. The molecule has 0 amide bonds. The fraction of sp³-hybridized carbons (Fsp3) is 0.368. The van der Waals surface area contributed by atoms with Gasteiger partial charge in [0, 0.05) is 26.3 Å². The lowest BCUT2D eigenvalue weighted by Gasteiger charge is -2.22. The molecule has 1 aromatic carbocycles. The molecular formula is C19H19FN6O2. The first-order chi connectivity index (χ1) is 13.5. The van der Waals surface area contributed by atoms with Crippen molar-refractivity contribution in [2.24, 2.45) is 7.05 Å². The topological polar surface area (TPSA) is 97.8 Å². The fourth-order valence-corrected chi connectivity index (χ4v) is 3.55. The third-order valence-electron chi connectivity index (χ3n) is 5.04. The summed E-state index contributed by atoms with van der Waals surface area (Å²) in [5, 5.41) is 11.8. The van der Waals surface area contributed by atoms with Crippen molar-refractivity contribution in [3.05, 3.63) is 45.8 Å². The quantitative estimate of drug-likeness (QED) is 0.748. The molecule has 0 radical (unpaired) electrons. The summed E-state index contributed by atoms with van der Waals surface area (Å²) < 4.78 is 23.0. The van der Waals surface area contributed by atoms with E-state index in [4.69, 9.17) is 10.00 Å². The maximum Gasteiger partial charge on any atom is 0.330 e. The predicted molar refractivity (Wildman–Crippen MR) is 101 cm³/mol. The van der Waals surface area contributed by atoms with E-state index in [0.29, 0.717) is 29.9 Å². The van der Waals surface area contributed by atoms with Gasteiger partial charge in [0.05, 0.1) is 23.5 Å². The van der Waals surface area contributed by atoms with Gasteiger partial charge in [-0.2, -0.15) is 10.2 Å². The molecule has 4 rings (SSSR count). The van der Waals surface area contributed by atoms with Crippen molar-refractivity contribution in [1.29, 1.82) is 5.26 Å². The van der Waals surface area contributed by atoms with Crippen LogP contribution in [-0.4, -0.2) is 32.3 Å². The summed E-state index contributed by atoms with van der Waals surface area (Å²) in [5.41, 5.74) is 1.97. The molecule has 1 N–H and O–H groups in total. The highest BCUT2D eigenvalue weighted by Gasteiger charge is 2.23. The van der Waals surface area contributed by atoms with Crippen molar-refractivity contribution >= 4 is 22.8 Å². The molecule has 0 bridgehead atoms. The van der Waals surface area contributed by atoms with Gasteiger partial charge in [0.1, 0.15) is 11.3 Å². The van der Waals surface area contributed by atoms with Crippen LogP contribution in [0.15, 0.2) is 23.1 Å². The number of rotatable bonds is 3. The number of imidazole rings is 1. The second kappa shape index (κ2) is 7.05. The number of halogens is 1. The van der Waals surface area contributed by atoms with E-state index in [9.17, 15) is 9.18 Å². The van der Waals surface area contributed by atoms with E-state index in [-0.39, 0.29) is 28.9 Å². The second-order valence-corrected chi connectivity index (χ2v) is 6.84. The molecule has 0 saturated carbocycles. The van der Waals surface area contributed by atoms with E-state index < -0.39 is 5.82 Å². The Labute approximate surface area is 160 Å². The Morgan fingerprint density at radius 2 is 2.11 bits per heavy atom. The van der Waals surface area contributed by atoms with Crippen molar-refractivity contribution in [3.8, 4) is 6.07 Å². The molecule has 1 aliphatic heterocycles. The molecule has 0 unspecified atom stereocenters. The second-order valence-electron chi connectivity index (χ2n) is 6.84. The van der Waals surface area contributed by atoms with Crippen LogP contribution in [0.2, 0.25) is 0 Å². The molecule has 1 saturated heterocycles. The zero-order valence-electron chi connectivity index (χ0n) is 15.6. The van der Waals surface area contributed by atoms with E-state index in [1.54, 1.807) is 30.8 Å². The zero-order valence-corrected chi connectivity index (χ0v) is 15.6. The Balaban J connectivity index is 1.78. The van der Waals surface area contributed by atoms with Crippen LogP contribution in [-0.2, 0) is 11.8 Å². The molecule has 3 heterocycles. The van der Waals surface area contributed by atoms with E-state index in [1.807, 2.05) is 6.07 Å². The molecule has 1 aliphatic rings.